The Kier molecular flexibility index (Phi) is 7.54. The number of rotatable bonds is 4. The van der Waals surface area contributed by atoms with E-state index < -0.39 is 0 Å². The minimum absolute atomic E-state index is 0.0765. The van der Waals surface area contributed by atoms with Gasteiger partial charge in [-0.05, 0) is 18.2 Å². The van der Waals surface area contributed by atoms with Crippen molar-refractivity contribution in [2.75, 3.05) is 33.0 Å². The zero-order chi connectivity index (χ0) is 14.1. The highest BCUT2D eigenvalue weighted by Gasteiger charge is 2.16. The molecule has 3 N–H and O–H groups in total. The van der Waals surface area contributed by atoms with Gasteiger partial charge in [0.15, 0.2) is 0 Å². The Labute approximate surface area is 108 Å². The molecule has 0 spiro atoms. The third-order valence-corrected chi connectivity index (χ3v) is 2.24. The summed E-state index contributed by atoms with van der Waals surface area (Å²) in [6, 6.07) is 4.88. The van der Waals surface area contributed by atoms with Gasteiger partial charge in [0.2, 0.25) is 0 Å². The first-order valence-corrected chi connectivity index (χ1v) is 5.90. The first-order valence-electron chi connectivity index (χ1n) is 5.90. The van der Waals surface area contributed by atoms with Crippen LogP contribution in [0.3, 0.4) is 0 Å². The number of carbonyl (C=O) groups excluding carboxylic acids is 1. The van der Waals surface area contributed by atoms with Gasteiger partial charge < -0.3 is 20.5 Å². The maximum atomic E-state index is 11.9. The molecule has 0 aliphatic heterocycles. The molecule has 0 aromatic heterocycles. The predicted molar refractivity (Wildman–Crippen MR) is 72.8 cm³/mol. The summed E-state index contributed by atoms with van der Waals surface area (Å²) >= 11 is 0. The van der Waals surface area contributed by atoms with E-state index in [1.54, 1.807) is 25.2 Å². The van der Waals surface area contributed by atoms with Gasteiger partial charge in [-0.25, -0.2) is 0 Å². The first kappa shape index (κ1) is 16.2. The number of hydrogen-bond donors (Lipinski definition) is 2. The molecule has 0 fully saturated rings. The number of likely N-dealkylation sites (N-methyl/N-ethyl adjacent to an activating group) is 1. The topological polar surface area (TPSA) is 75.8 Å². The number of ether oxygens (including phenoxy) is 1. The minimum Gasteiger partial charge on any atom is -0.496 e. The van der Waals surface area contributed by atoms with Crippen LogP contribution in [0, 0.1) is 0 Å². The van der Waals surface area contributed by atoms with Crippen molar-refractivity contribution in [3.05, 3.63) is 23.8 Å². The lowest BCUT2D eigenvalue weighted by Gasteiger charge is -2.17. The van der Waals surface area contributed by atoms with Gasteiger partial charge in [-0.3, -0.25) is 4.79 Å². The number of aliphatic hydroxyl groups excluding tert-OH is 1. The van der Waals surface area contributed by atoms with Gasteiger partial charge in [0.1, 0.15) is 5.75 Å². The molecule has 5 heteroatoms. The molecule has 0 saturated heterocycles. The molecule has 1 aromatic carbocycles. The van der Waals surface area contributed by atoms with Crippen LogP contribution in [-0.4, -0.2) is 43.2 Å². The van der Waals surface area contributed by atoms with Gasteiger partial charge in [-0.1, -0.05) is 13.8 Å². The molecule has 0 radical (unpaired) electrons. The lowest BCUT2D eigenvalue weighted by atomic mass is 10.1. The van der Waals surface area contributed by atoms with E-state index >= 15 is 0 Å². The van der Waals surface area contributed by atoms with E-state index in [9.17, 15) is 4.79 Å². The molecule has 0 unspecified atom stereocenters. The number of carbonyl (C=O) groups is 1. The second-order valence-corrected chi connectivity index (χ2v) is 3.41. The van der Waals surface area contributed by atoms with Crippen LogP contribution >= 0.6 is 0 Å². The fourth-order valence-corrected chi connectivity index (χ4v) is 1.35. The Bertz CT molecular complexity index is 380. The van der Waals surface area contributed by atoms with Crippen molar-refractivity contribution in [1.29, 1.82) is 0 Å². The smallest absolute Gasteiger partial charge is 0.257 e. The van der Waals surface area contributed by atoms with Crippen LogP contribution in [0.1, 0.15) is 24.2 Å². The molecule has 0 atom stereocenters. The summed E-state index contributed by atoms with van der Waals surface area (Å²) < 4.78 is 5.08. The number of nitrogens with two attached hydrogens (primary N) is 1. The van der Waals surface area contributed by atoms with Crippen molar-refractivity contribution in [3.63, 3.8) is 0 Å². The van der Waals surface area contributed by atoms with Crippen molar-refractivity contribution >= 4 is 11.6 Å². The highest BCUT2D eigenvalue weighted by Crippen LogP contribution is 2.22. The average Bonchev–Trinajstić information content (AvgIpc) is 2.40. The number of aliphatic hydroxyl groups is 1. The Hall–Kier alpha value is -1.75. The van der Waals surface area contributed by atoms with E-state index in [0.717, 1.165) is 0 Å². The summed E-state index contributed by atoms with van der Waals surface area (Å²) in [4.78, 5) is 13.4. The van der Waals surface area contributed by atoms with Crippen molar-refractivity contribution in [3.8, 4) is 5.75 Å². The van der Waals surface area contributed by atoms with Gasteiger partial charge in [0.25, 0.3) is 5.91 Å². The summed E-state index contributed by atoms with van der Waals surface area (Å²) in [6.07, 6.45) is 0. The lowest BCUT2D eigenvalue weighted by Crippen LogP contribution is -2.29. The number of amides is 1. The van der Waals surface area contributed by atoms with Crippen LogP contribution in [0.4, 0.5) is 5.69 Å². The molecule has 0 aliphatic carbocycles. The van der Waals surface area contributed by atoms with E-state index in [2.05, 4.69) is 0 Å². The highest BCUT2D eigenvalue weighted by molar-refractivity contribution is 5.97. The van der Waals surface area contributed by atoms with E-state index in [4.69, 9.17) is 15.6 Å². The Balaban J connectivity index is 0.00000137. The number of methoxy groups -OCH3 is 1. The molecule has 0 bridgehead atoms. The van der Waals surface area contributed by atoms with E-state index in [1.807, 2.05) is 13.8 Å². The summed E-state index contributed by atoms with van der Waals surface area (Å²) in [5, 5.41) is 8.76. The maximum Gasteiger partial charge on any atom is 0.257 e. The van der Waals surface area contributed by atoms with Crippen molar-refractivity contribution in [1.82, 2.24) is 4.90 Å². The zero-order valence-corrected chi connectivity index (χ0v) is 11.4. The van der Waals surface area contributed by atoms with Crippen LogP contribution in [0.25, 0.3) is 0 Å². The monoisotopic (exact) mass is 254 g/mol. The molecule has 0 heterocycles. The van der Waals surface area contributed by atoms with Crippen LogP contribution in [-0.2, 0) is 0 Å². The quantitative estimate of drug-likeness (QED) is 0.796. The van der Waals surface area contributed by atoms with Gasteiger partial charge >= 0.3 is 0 Å². The van der Waals surface area contributed by atoms with Gasteiger partial charge in [-0.15, -0.1) is 0 Å². The number of nitrogen functional groups attached to an aromatic ring is 1. The molecule has 1 amide bonds. The third kappa shape index (κ3) is 4.25. The molecular formula is C13H22N2O3. The number of benzene rings is 1. The second-order valence-electron chi connectivity index (χ2n) is 3.41. The normalized spacial score (nSPS) is 9.17. The number of nitrogens with zero attached hydrogens (tertiary/aromatic N) is 1. The standard InChI is InChI=1S/C11H16N2O3.C2H6/c1-13(5-6-14)11(15)9-7-8(12)3-4-10(9)16-2;1-2/h3-4,7,14H,5-6,12H2,1-2H3;1-2H3. The summed E-state index contributed by atoms with van der Waals surface area (Å²) in [5.41, 5.74) is 6.52. The average molecular weight is 254 g/mol. The lowest BCUT2D eigenvalue weighted by molar-refractivity contribution is 0.0763. The molecule has 0 aliphatic rings. The molecule has 18 heavy (non-hydrogen) atoms. The largest absolute Gasteiger partial charge is 0.496 e. The minimum atomic E-state index is -0.224. The van der Waals surface area contributed by atoms with Crippen LogP contribution in [0.5, 0.6) is 5.75 Å². The molecule has 1 aromatic rings. The van der Waals surface area contributed by atoms with E-state index in [-0.39, 0.29) is 19.1 Å². The Morgan fingerprint density at radius 2 is 2.06 bits per heavy atom. The van der Waals surface area contributed by atoms with Crippen LogP contribution in [0.2, 0.25) is 0 Å². The predicted octanol–water partition coefficient (Wildman–Crippen LogP) is 1.37. The second kappa shape index (κ2) is 8.36. The van der Waals surface area contributed by atoms with Crippen LogP contribution < -0.4 is 10.5 Å². The van der Waals surface area contributed by atoms with Gasteiger partial charge in [0.05, 0.1) is 19.3 Å². The highest BCUT2D eigenvalue weighted by atomic mass is 16.5. The fourth-order valence-electron chi connectivity index (χ4n) is 1.35. The van der Waals surface area contributed by atoms with Crippen molar-refractivity contribution < 1.29 is 14.6 Å². The van der Waals surface area contributed by atoms with Crippen LogP contribution in [0.15, 0.2) is 18.2 Å². The summed E-state index contributed by atoms with van der Waals surface area (Å²) in [5.74, 6) is 0.252. The van der Waals surface area contributed by atoms with E-state index in [0.29, 0.717) is 17.0 Å². The van der Waals surface area contributed by atoms with Gasteiger partial charge in [0, 0.05) is 19.3 Å². The van der Waals surface area contributed by atoms with Crippen molar-refractivity contribution in [2.45, 2.75) is 13.8 Å². The SMILES string of the molecule is CC.COc1ccc(N)cc1C(=O)N(C)CCO. The molecule has 0 saturated carbocycles. The van der Waals surface area contributed by atoms with E-state index in [1.165, 1.54) is 12.0 Å². The first-order chi connectivity index (χ1) is 8.60. The van der Waals surface area contributed by atoms with Gasteiger partial charge in [-0.2, -0.15) is 0 Å². The third-order valence-electron chi connectivity index (χ3n) is 2.24. The summed E-state index contributed by atoms with van der Waals surface area (Å²) in [6.45, 7) is 4.20. The molecule has 1 rings (SSSR count). The Morgan fingerprint density at radius 3 is 2.56 bits per heavy atom. The molecule has 5 nitrogen and oxygen atoms in total. The molecule has 102 valence electrons. The Morgan fingerprint density at radius 1 is 1.44 bits per heavy atom. The summed E-state index contributed by atoms with van der Waals surface area (Å²) in [7, 11) is 3.11. The fraction of sp³-hybridized carbons (Fsp3) is 0.462. The number of hydrogen-bond acceptors (Lipinski definition) is 4. The zero-order valence-electron chi connectivity index (χ0n) is 11.4. The number of anilines is 1. The molecular weight excluding hydrogens is 232 g/mol. The van der Waals surface area contributed by atoms with Crippen molar-refractivity contribution in [2.24, 2.45) is 0 Å². The maximum absolute atomic E-state index is 11.9.